The minimum Gasteiger partial charge on any atom is -0.477 e. The third-order valence-corrected chi connectivity index (χ3v) is 5.60. The molecule has 0 atom stereocenters. The van der Waals surface area contributed by atoms with Crippen LogP contribution >= 0.6 is 22.7 Å². The molecule has 1 amide bonds. The summed E-state index contributed by atoms with van der Waals surface area (Å²) in [5, 5.41) is 12.6. The Morgan fingerprint density at radius 2 is 1.95 bits per heavy atom. The van der Waals surface area contributed by atoms with Gasteiger partial charge in [-0.1, -0.05) is 20.8 Å². The van der Waals surface area contributed by atoms with Crippen LogP contribution in [0.15, 0.2) is 12.1 Å². The van der Waals surface area contributed by atoms with Crippen LogP contribution in [0.3, 0.4) is 0 Å². The summed E-state index contributed by atoms with van der Waals surface area (Å²) < 4.78 is 0. The van der Waals surface area contributed by atoms with Gasteiger partial charge in [-0.05, 0) is 19.1 Å². The maximum Gasteiger partial charge on any atom is 0.345 e. The third kappa shape index (κ3) is 3.72. The number of hydrogen-bond acceptors (Lipinski definition) is 5. The molecule has 5 nitrogen and oxygen atoms in total. The van der Waals surface area contributed by atoms with Crippen LogP contribution in [0.2, 0.25) is 0 Å². The molecule has 2 heterocycles. The Bertz CT molecular complexity index is 711. The maximum absolute atomic E-state index is 12.3. The Balaban J connectivity index is 2.06. The number of aryl methyl sites for hydroxylation is 1. The van der Waals surface area contributed by atoms with Crippen molar-refractivity contribution in [1.29, 1.82) is 0 Å². The molecule has 2 rings (SSSR count). The molecule has 22 heavy (non-hydrogen) atoms. The zero-order chi connectivity index (χ0) is 16.5. The van der Waals surface area contributed by atoms with Crippen molar-refractivity contribution in [2.75, 3.05) is 0 Å². The Labute approximate surface area is 137 Å². The molecule has 0 aromatic carbocycles. The fourth-order valence-corrected chi connectivity index (χ4v) is 3.59. The molecular formula is C15H18N2O3S2. The maximum atomic E-state index is 12.3. The van der Waals surface area contributed by atoms with Crippen LogP contribution in [0.25, 0.3) is 0 Å². The number of nitrogens with zero attached hydrogens (tertiary/aromatic N) is 1. The van der Waals surface area contributed by atoms with E-state index in [1.165, 1.54) is 22.7 Å². The zero-order valence-electron chi connectivity index (χ0n) is 12.9. The molecule has 2 aromatic heterocycles. The lowest BCUT2D eigenvalue weighted by Crippen LogP contribution is -2.22. The van der Waals surface area contributed by atoms with Gasteiger partial charge in [0.05, 0.1) is 17.2 Å². The van der Waals surface area contributed by atoms with E-state index in [0.29, 0.717) is 11.4 Å². The first kappa shape index (κ1) is 16.6. The third-order valence-electron chi connectivity index (χ3n) is 2.94. The fourth-order valence-electron chi connectivity index (χ4n) is 1.76. The van der Waals surface area contributed by atoms with E-state index in [0.717, 1.165) is 15.6 Å². The summed E-state index contributed by atoms with van der Waals surface area (Å²) in [7, 11) is 0. The van der Waals surface area contributed by atoms with E-state index >= 15 is 0 Å². The van der Waals surface area contributed by atoms with E-state index in [1.807, 2.05) is 6.92 Å². The summed E-state index contributed by atoms with van der Waals surface area (Å²) in [5.41, 5.74) is 0.641. The molecule has 2 N–H and O–H groups in total. The van der Waals surface area contributed by atoms with Crippen molar-refractivity contribution in [3.8, 4) is 0 Å². The van der Waals surface area contributed by atoms with Crippen LogP contribution in [-0.2, 0) is 12.0 Å². The molecular weight excluding hydrogens is 320 g/mol. The molecule has 118 valence electrons. The monoisotopic (exact) mass is 338 g/mol. The van der Waals surface area contributed by atoms with Crippen molar-refractivity contribution < 1.29 is 14.7 Å². The SMILES string of the molecule is Cc1nc(C(C)(C)C)sc1C(=O)NCc1ccc(C(=O)O)s1. The van der Waals surface area contributed by atoms with Crippen molar-refractivity contribution in [3.63, 3.8) is 0 Å². The Morgan fingerprint density at radius 1 is 1.27 bits per heavy atom. The quantitative estimate of drug-likeness (QED) is 0.895. The lowest BCUT2D eigenvalue weighted by molar-refractivity contribution is 0.0702. The molecule has 0 fully saturated rings. The molecule has 0 aliphatic heterocycles. The van der Waals surface area contributed by atoms with E-state index in [2.05, 4.69) is 31.1 Å². The molecule has 2 aromatic rings. The van der Waals surface area contributed by atoms with E-state index in [-0.39, 0.29) is 16.2 Å². The number of aromatic carboxylic acids is 1. The number of carboxylic acid groups (broad SMARTS) is 1. The number of amides is 1. The lowest BCUT2D eigenvalue weighted by Gasteiger charge is -2.13. The molecule has 0 bridgehead atoms. The number of carbonyl (C=O) groups excluding carboxylic acids is 1. The van der Waals surface area contributed by atoms with Gasteiger partial charge in [0.25, 0.3) is 5.91 Å². The highest BCUT2D eigenvalue weighted by atomic mass is 32.1. The minimum absolute atomic E-state index is 0.0852. The smallest absolute Gasteiger partial charge is 0.345 e. The highest BCUT2D eigenvalue weighted by Gasteiger charge is 2.23. The van der Waals surface area contributed by atoms with E-state index in [1.54, 1.807) is 12.1 Å². The van der Waals surface area contributed by atoms with Crippen LogP contribution in [0.4, 0.5) is 0 Å². The highest BCUT2D eigenvalue weighted by molar-refractivity contribution is 7.14. The number of nitrogens with one attached hydrogen (secondary N) is 1. The summed E-state index contributed by atoms with van der Waals surface area (Å²) >= 11 is 2.57. The summed E-state index contributed by atoms with van der Waals surface area (Å²) in [5.74, 6) is -1.12. The summed E-state index contributed by atoms with van der Waals surface area (Å²) in [6.45, 7) is 8.33. The zero-order valence-corrected chi connectivity index (χ0v) is 14.5. The van der Waals surface area contributed by atoms with Crippen molar-refractivity contribution in [1.82, 2.24) is 10.3 Å². The van der Waals surface area contributed by atoms with Crippen molar-refractivity contribution in [3.05, 3.63) is 37.5 Å². The van der Waals surface area contributed by atoms with Crippen molar-refractivity contribution in [2.24, 2.45) is 0 Å². The number of thiazole rings is 1. The number of aromatic nitrogens is 1. The molecule has 0 spiro atoms. The van der Waals surface area contributed by atoms with Crippen LogP contribution in [0.1, 0.15) is 55.7 Å². The summed E-state index contributed by atoms with van der Waals surface area (Å²) in [4.78, 5) is 29.3. The first-order chi connectivity index (χ1) is 10.2. The molecule has 0 aliphatic rings. The van der Waals surface area contributed by atoms with Gasteiger partial charge < -0.3 is 10.4 Å². The fraction of sp³-hybridized carbons (Fsp3) is 0.400. The van der Waals surface area contributed by atoms with E-state index in [9.17, 15) is 9.59 Å². The lowest BCUT2D eigenvalue weighted by atomic mass is 9.98. The highest BCUT2D eigenvalue weighted by Crippen LogP contribution is 2.29. The van der Waals surface area contributed by atoms with Gasteiger partial charge in [-0.25, -0.2) is 9.78 Å². The normalized spacial score (nSPS) is 11.5. The first-order valence-corrected chi connectivity index (χ1v) is 8.40. The largest absolute Gasteiger partial charge is 0.477 e. The Hall–Kier alpha value is -1.73. The van der Waals surface area contributed by atoms with Gasteiger partial charge in [0.1, 0.15) is 9.75 Å². The van der Waals surface area contributed by atoms with Gasteiger partial charge >= 0.3 is 5.97 Å². The van der Waals surface area contributed by atoms with Gasteiger partial charge in [-0.15, -0.1) is 22.7 Å². The van der Waals surface area contributed by atoms with Gasteiger partial charge in [-0.2, -0.15) is 0 Å². The summed E-state index contributed by atoms with van der Waals surface area (Å²) in [6.07, 6.45) is 0. The molecule has 0 saturated carbocycles. The topological polar surface area (TPSA) is 79.3 Å². The van der Waals surface area contributed by atoms with Gasteiger partial charge in [0, 0.05) is 10.3 Å². The van der Waals surface area contributed by atoms with E-state index in [4.69, 9.17) is 5.11 Å². The second-order valence-electron chi connectivity index (χ2n) is 5.94. The Morgan fingerprint density at radius 3 is 2.45 bits per heavy atom. The number of carboxylic acids is 1. The van der Waals surface area contributed by atoms with Crippen LogP contribution in [-0.4, -0.2) is 22.0 Å². The molecule has 0 unspecified atom stereocenters. The molecule has 0 saturated heterocycles. The predicted octanol–water partition coefficient (Wildman–Crippen LogP) is 3.44. The molecule has 7 heteroatoms. The minimum atomic E-state index is -0.948. The standard InChI is InChI=1S/C15H18N2O3S2/c1-8-11(22-14(17-8)15(2,3)4)12(18)16-7-9-5-6-10(21-9)13(19)20/h5-6H,7H2,1-4H3,(H,16,18)(H,19,20). The second kappa shape index (κ2) is 6.18. The van der Waals surface area contributed by atoms with E-state index < -0.39 is 5.97 Å². The van der Waals surface area contributed by atoms with Crippen LogP contribution in [0, 0.1) is 6.92 Å². The molecule has 0 aliphatic carbocycles. The average Bonchev–Trinajstić information content (AvgIpc) is 3.01. The number of thiophene rings is 1. The average molecular weight is 338 g/mol. The second-order valence-corrected chi connectivity index (χ2v) is 8.10. The van der Waals surface area contributed by atoms with Crippen LogP contribution < -0.4 is 5.32 Å². The Kier molecular flexibility index (Phi) is 4.67. The predicted molar refractivity (Wildman–Crippen MR) is 88.0 cm³/mol. The van der Waals surface area contributed by atoms with Gasteiger partial charge in [0.2, 0.25) is 0 Å². The number of rotatable bonds is 4. The van der Waals surface area contributed by atoms with Crippen LogP contribution in [0.5, 0.6) is 0 Å². The summed E-state index contributed by atoms with van der Waals surface area (Å²) in [6, 6.07) is 3.26. The number of carbonyl (C=O) groups is 2. The van der Waals surface area contributed by atoms with Crippen molar-refractivity contribution in [2.45, 2.75) is 39.7 Å². The first-order valence-electron chi connectivity index (χ1n) is 6.76. The van der Waals surface area contributed by atoms with Gasteiger partial charge in [0.15, 0.2) is 0 Å². The van der Waals surface area contributed by atoms with Crippen molar-refractivity contribution >= 4 is 34.6 Å². The molecule has 0 radical (unpaired) electrons. The number of hydrogen-bond donors (Lipinski definition) is 2. The van der Waals surface area contributed by atoms with Gasteiger partial charge in [-0.3, -0.25) is 4.79 Å².